The van der Waals surface area contributed by atoms with Gasteiger partial charge in [0.05, 0.1) is 11.3 Å². The van der Waals surface area contributed by atoms with Crippen molar-refractivity contribution in [3.05, 3.63) is 76.6 Å². The first-order valence-corrected chi connectivity index (χ1v) is 11.7. The van der Waals surface area contributed by atoms with Crippen LogP contribution in [-0.2, 0) is 0 Å². The maximum absolute atomic E-state index is 13.5. The van der Waals surface area contributed by atoms with Crippen LogP contribution in [0, 0.1) is 27.7 Å². The van der Waals surface area contributed by atoms with Crippen LogP contribution in [0.15, 0.2) is 48.8 Å². The molecule has 2 aromatic carbocycles. The van der Waals surface area contributed by atoms with Gasteiger partial charge in [0.15, 0.2) is 0 Å². The van der Waals surface area contributed by atoms with Gasteiger partial charge in [0.2, 0.25) is 0 Å². The molecule has 1 fully saturated rings. The summed E-state index contributed by atoms with van der Waals surface area (Å²) in [5.74, 6) is -0.121. The van der Waals surface area contributed by atoms with Gasteiger partial charge in [-0.25, -0.2) is 0 Å². The van der Waals surface area contributed by atoms with E-state index >= 15 is 0 Å². The van der Waals surface area contributed by atoms with Crippen LogP contribution in [0.3, 0.4) is 0 Å². The number of pyridine rings is 1. The number of amides is 1. The van der Waals surface area contributed by atoms with Crippen molar-refractivity contribution < 1.29 is 4.79 Å². The van der Waals surface area contributed by atoms with E-state index in [0.29, 0.717) is 11.6 Å². The van der Waals surface area contributed by atoms with Crippen molar-refractivity contribution in [3.8, 4) is 11.1 Å². The van der Waals surface area contributed by atoms with Gasteiger partial charge >= 0.3 is 0 Å². The largest absolute Gasteiger partial charge is 0.370 e. The number of carbonyl (C=O) groups is 1. The van der Waals surface area contributed by atoms with E-state index in [0.717, 1.165) is 59.6 Å². The number of anilines is 2. The predicted octanol–water partition coefficient (Wildman–Crippen LogP) is 5.42. The Morgan fingerprint density at radius 1 is 0.879 bits per heavy atom. The highest BCUT2D eigenvalue weighted by Crippen LogP contribution is 2.36. The molecule has 4 rings (SSSR count). The summed E-state index contributed by atoms with van der Waals surface area (Å²) in [6.45, 7) is 10.1. The number of benzene rings is 2. The van der Waals surface area contributed by atoms with Gasteiger partial charge < -0.3 is 15.5 Å². The summed E-state index contributed by atoms with van der Waals surface area (Å²) in [6.07, 6.45) is 5.71. The summed E-state index contributed by atoms with van der Waals surface area (Å²) in [4.78, 5) is 20.4. The van der Waals surface area contributed by atoms with Crippen LogP contribution in [0.4, 0.5) is 11.4 Å². The van der Waals surface area contributed by atoms with Crippen molar-refractivity contribution in [2.45, 2.75) is 46.6 Å². The Bertz CT molecular complexity index is 1120. The number of carbonyl (C=O) groups excluding carboxylic acids is 1. The van der Waals surface area contributed by atoms with Crippen molar-refractivity contribution in [1.29, 1.82) is 0 Å². The molecule has 0 saturated carbocycles. The highest BCUT2D eigenvalue weighted by atomic mass is 16.1. The van der Waals surface area contributed by atoms with Crippen molar-refractivity contribution in [3.63, 3.8) is 0 Å². The fourth-order valence-corrected chi connectivity index (χ4v) is 4.94. The molecular formula is C28H34N4O. The van der Waals surface area contributed by atoms with E-state index in [-0.39, 0.29) is 5.91 Å². The Kier molecular flexibility index (Phi) is 6.80. The van der Waals surface area contributed by atoms with E-state index in [1.807, 2.05) is 39.2 Å². The molecule has 1 aromatic heterocycles. The molecular weight excluding hydrogens is 408 g/mol. The summed E-state index contributed by atoms with van der Waals surface area (Å²) in [5, 5.41) is 6.52. The zero-order chi connectivity index (χ0) is 23.5. The number of hydrogen-bond donors (Lipinski definition) is 2. The molecule has 5 nitrogen and oxygen atoms in total. The van der Waals surface area contributed by atoms with Gasteiger partial charge in [-0.3, -0.25) is 9.78 Å². The van der Waals surface area contributed by atoms with Crippen LogP contribution < -0.4 is 15.5 Å². The van der Waals surface area contributed by atoms with Crippen molar-refractivity contribution >= 4 is 17.3 Å². The lowest BCUT2D eigenvalue weighted by Crippen LogP contribution is -2.42. The Morgan fingerprint density at radius 2 is 1.45 bits per heavy atom. The number of aromatic nitrogens is 1. The van der Waals surface area contributed by atoms with E-state index in [4.69, 9.17) is 0 Å². The van der Waals surface area contributed by atoms with E-state index < -0.39 is 0 Å². The van der Waals surface area contributed by atoms with Crippen LogP contribution >= 0.6 is 0 Å². The first kappa shape index (κ1) is 23.0. The summed E-state index contributed by atoms with van der Waals surface area (Å²) in [7, 11) is 2.02. The maximum atomic E-state index is 13.5. The molecule has 0 bridgehead atoms. The van der Waals surface area contributed by atoms with E-state index in [1.54, 1.807) is 6.20 Å². The molecule has 0 atom stereocenters. The van der Waals surface area contributed by atoms with Crippen LogP contribution in [0.1, 0.15) is 45.5 Å². The fourth-order valence-electron chi connectivity index (χ4n) is 4.94. The lowest BCUT2D eigenvalue weighted by Gasteiger charge is -2.35. The summed E-state index contributed by atoms with van der Waals surface area (Å²) in [6, 6.07) is 13.2. The van der Waals surface area contributed by atoms with Crippen molar-refractivity contribution in [1.82, 2.24) is 10.3 Å². The molecule has 0 radical (unpaired) electrons. The molecule has 1 aliphatic heterocycles. The van der Waals surface area contributed by atoms with E-state index in [2.05, 4.69) is 58.6 Å². The van der Waals surface area contributed by atoms with Crippen LogP contribution in [0.2, 0.25) is 0 Å². The number of rotatable bonds is 5. The second-order valence-electron chi connectivity index (χ2n) is 9.34. The average molecular weight is 443 g/mol. The number of hydrogen-bond acceptors (Lipinski definition) is 4. The average Bonchev–Trinajstić information content (AvgIpc) is 2.77. The minimum Gasteiger partial charge on any atom is -0.370 e. The number of piperidine rings is 1. The summed E-state index contributed by atoms with van der Waals surface area (Å²) >= 11 is 0. The lowest BCUT2D eigenvalue weighted by atomic mass is 9.96. The molecule has 172 valence electrons. The first-order valence-electron chi connectivity index (χ1n) is 11.7. The minimum atomic E-state index is -0.121. The molecule has 1 saturated heterocycles. The first-order chi connectivity index (χ1) is 15.8. The molecule has 2 N–H and O–H groups in total. The second-order valence-corrected chi connectivity index (χ2v) is 9.34. The smallest absolute Gasteiger partial charge is 0.259 e. The highest BCUT2D eigenvalue weighted by Gasteiger charge is 2.26. The van der Waals surface area contributed by atoms with Crippen LogP contribution in [0.5, 0.6) is 0 Å². The standard InChI is InChI=1S/C28H34N4O/c1-18-10-19(2)13-22(12-18)25-16-30-17-26(27(25)32-8-6-23(29-5)7-9-32)28(33)31-24-14-20(3)11-21(4)15-24/h10-17,23,29H,6-9H2,1-5H3,(H,31,33). The Labute approximate surface area is 197 Å². The van der Waals surface area contributed by atoms with Crippen LogP contribution in [0.25, 0.3) is 11.1 Å². The predicted molar refractivity (Wildman–Crippen MR) is 137 cm³/mol. The third kappa shape index (κ3) is 5.25. The molecule has 5 heteroatoms. The van der Waals surface area contributed by atoms with Gasteiger partial charge in [-0.2, -0.15) is 0 Å². The quantitative estimate of drug-likeness (QED) is 0.554. The van der Waals surface area contributed by atoms with Gasteiger partial charge in [0.1, 0.15) is 0 Å². The Morgan fingerprint density at radius 3 is 2.03 bits per heavy atom. The molecule has 0 unspecified atom stereocenters. The fraction of sp³-hybridized carbons (Fsp3) is 0.357. The molecule has 1 amide bonds. The van der Waals surface area contributed by atoms with Crippen molar-refractivity contribution in [2.75, 3.05) is 30.4 Å². The van der Waals surface area contributed by atoms with E-state index in [1.165, 1.54) is 11.1 Å². The molecule has 33 heavy (non-hydrogen) atoms. The summed E-state index contributed by atoms with van der Waals surface area (Å²) in [5.41, 5.74) is 9.19. The number of aryl methyl sites for hydroxylation is 4. The number of nitrogens with one attached hydrogen (secondary N) is 2. The van der Waals surface area contributed by atoms with Gasteiger partial charge in [0.25, 0.3) is 5.91 Å². The lowest BCUT2D eigenvalue weighted by molar-refractivity contribution is 0.102. The van der Waals surface area contributed by atoms with Gasteiger partial charge in [-0.15, -0.1) is 0 Å². The SMILES string of the molecule is CNC1CCN(c2c(C(=O)Nc3cc(C)cc(C)c3)cncc2-c2cc(C)cc(C)c2)CC1. The molecule has 0 aliphatic carbocycles. The third-order valence-corrected chi connectivity index (χ3v) is 6.39. The molecule has 3 aromatic rings. The zero-order valence-corrected chi connectivity index (χ0v) is 20.3. The molecule has 1 aliphatic rings. The molecule has 0 spiro atoms. The molecule has 2 heterocycles. The minimum absolute atomic E-state index is 0.121. The number of nitrogens with zero attached hydrogens (tertiary/aromatic N) is 2. The zero-order valence-electron chi connectivity index (χ0n) is 20.3. The van der Waals surface area contributed by atoms with Gasteiger partial charge in [-0.05, 0) is 76.4 Å². The topological polar surface area (TPSA) is 57.3 Å². The second kappa shape index (κ2) is 9.75. The third-order valence-electron chi connectivity index (χ3n) is 6.39. The van der Waals surface area contributed by atoms with Crippen LogP contribution in [-0.4, -0.2) is 37.1 Å². The van der Waals surface area contributed by atoms with E-state index in [9.17, 15) is 4.79 Å². The van der Waals surface area contributed by atoms with Gasteiger partial charge in [0, 0.05) is 42.8 Å². The highest BCUT2D eigenvalue weighted by molar-refractivity contribution is 6.10. The maximum Gasteiger partial charge on any atom is 0.259 e. The Balaban J connectivity index is 1.78. The van der Waals surface area contributed by atoms with Gasteiger partial charge in [-0.1, -0.05) is 35.4 Å². The van der Waals surface area contributed by atoms with Crippen molar-refractivity contribution in [2.24, 2.45) is 0 Å². The normalized spacial score (nSPS) is 14.4. The monoisotopic (exact) mass is 442 g/mol. The Hall–Kier alpha value is -3.18. The summed E-state index contributed by atoms with van der Waals surface area (Å²) < 4.78 is 0.